The second-order valence-electron chi connectivity index (χ2n) is 4.57. The summed E-state index contributed by atoms with van der Waals surface area (Å²) in [6.07, 6.45) is 0. The van der Waals surface area contributed by atoms with E-state index in [9.17, 15) is 9.18 Å². The zero-order chi connectivity index (χ0) is 16.2. The van der Waals surface area contributed by atoms with Gasteiger partial charge in [-0.1, -0.05) is 12.1 Å². The quantitative estimate of drug-likeness (QED) is 0.660. The van der Waals surface area contributed by atoms with Gasteiger partial charge in [0.15, 0.2) is 5.69 Å². The number of hydrogen-bond donors (Lipinski definition) is 0. The number of thiazole rings is 1. The number of carbonyl (C=O) groups excluding carboxylic acids is 1. The van der Waals surface area contributed by atoms with Gasteiger partial charge < -0.3 is 9.47 Å². The maximum Gasteiger partial charge on any atom is 0.358 e. The number of carbonyl (C=O) groups is 1. The summed E-state index contributed by atoms with van der Waals surface area (Å²) in [4.78, 5) is 16.5. The van der Waals surface area contributed by atoms with E-state index in [-0.39, 0.29) is 11.5 Å². The number of methoxy groups -OCH3 is 1. The molecule has 6 heteroatoms. The van der Waals surface area contributed by atoms with Gasteiger partial charge in [0.1, 0.15) is 17.3 Å². The van der Waals surface area contributed by atoms with E-state index in [1.165, 1.54) is 30.6 Å². The van der Waals surface area contributed by atoms with E-state index < -0.39 is 5.97 Å². The first-order valence-corrected chi connectivity index (χ1v) is 7.61. The molecule has 2 aromatic carbocycles. The van der Waals surface area contributed by atoms with E-state index in [0.717, 1.165) is 5.56 Å². The predicted octanol–water partition coefficient (Wildman–Crippen LogP) is 4.53. The Morgan fingerprint density at radius 2 is 1.87 bits per heavy atom. The monoisotopic (exact) mass is 329 g/mol. The fourth-order valence-electron chi connectivity index (χ4n) is 2.05. The molecule has 1 heterocycles. The van der Waals surface area contributed by atoms with Crippen molar-refractivity contribution in [1.29, 1.82) is 0 Å². The molecule has 0 bridgehead atoms. The van der Waals surface area contributed by atoms with Crippen LogP contribution in [0.25, 0.3) is 10.4 Å². The molecule has 0 radical (unpaired) electrons. The summed E-state index contributed by atoms with van der Waals surface area (Å²) in [6.45, 7) is 0. The first-order chi connectivity index (χ1) is 11.2. The lowest BCUT2D eigenvalue weighted by atomic mass is 10.1. The molecule has 0 amide bonds. The number of halogens is 1. The number of rotatable bonds is 4. The molecule has 1 aromatic heterocycles. The fourth-order valence-corrected chi connectivity index (χ4v) is 2.86. The van der Waals surface area contributed by atoms with Crippen molar-refractivity contribution in [1.82, 2.24) is 4.98 Å². The third kappa shape index (κ3) is 3.22. The fraction of sp³-hybridized carbons (Fsp3) is 0.0588. The van der Waals surface area contributed by atoms with Crippen molar-refractivity contribution in [3.63, 3.8) is 0 Å². The van der Waals surface area contributed by atoms with Crippen LogP contribution in [0.2, 0.25) is 0 Å². The Kier molecular flexibility index (Phi) is 4.34. The number of benzene rings is 2. The molecule has 116 valence electrons. The Morgan fingerprint density at radius 3 is 2.61 bits per heavy atom. The molecule has 0 aliphatic carbocycles. The van der Waals surface area contributed by atoms with E-state index in [1.54, 1.807) is 23.7 Å². The van der Waals surface area contributed by atoms with E-state index in [4.69, 9.17) is 9.47 Å². The van der Waals surface area contributed by atoms with Gasteiger partial charge in [-0.15, -0.1) is 11.3 Å². The van der Waals surface area contributed by atoms with Crippen molar-refractivity contribution in [2.45, 2.75) is 0 Å². The average molecular weight is 329 g/mol. The van der Waals surface area contributed by atoms with Crippen LogP contribution >= 0.6 is 11.3 Å². The molecule has 0 unspecified atom stereocenters. The summed E-state index contributed by atoms with van der Waals surface area (Å²) in [5.41, 5.74) is 2.54. The van der Waals surface area contributed by atoms with E-state index in [1.807, 2.05) is 18.2 Å². The van der Waals surface area contributed by atoms with Gasteiger partial charge in [0.05, 0.1) is 17.5 Å². The lowest BCUT2D eigenvalue weighted by molar-refractivity contribution is 0.0596. The van der Waals surface area contributed by atoms with Crippen molar-refractivity contribution >= 4 is 17.3 Å². The third-order valence-corrected chi connectivity index (χ3v) is 3.98. The molecular formula is C17H12FNO3S. The Hall–Kier alpha value is -2.73. The standard InChI is InChI=1S/C17H12FNO3S/c1-21-17(20)15-16(23-10-19-15)13-4-2-3-5-14(13)22-12-8-6-11(18)7-9-12/h2-10H,1H3. The molecule has 3 aromatic rings. The Morgan fingerprint density at radius 1 is 1.13 bits per heavy atom. The molecule has 0 saturated heterocycles. The van der Waals surface area contributed by atoms with Crippen LogP contribution in [0.5, 0.6) is 11.5 Å². The topological polar surface area (TPSA) is 48.4 Å². The van der Waals surface area contributed by atoms with Gasteiger partial charge in [-0.25, -0.2) is 14.2 Å². The first kappa shape index (κ1) is 15.2. The van der Waals surface area contributed by atoms with Crippen molar-refractivity contribution in [2.75, 3.05) is 7.11 Å². The summed E-state index contributed by atoms with van der Waals surface area (Å²) in [5, 5.41) is 0. The highest BCUT2D eigenvalue weighted by Crippen LogP contribution is 2.37. The second kappa shape index (κ2) is 6.58. The number of nitrogens with zero attached hydrogens (tertiary/aromatic N) is 1. The highest BCUT2D eigenvalue weighted by atomic mass is 32.1. The lowest BCUT2D eigenvalue weighted by Crippen LogP contribution is -2.03. The molecular weight excluding hydrogens is 317 g/mol. The predicted molar refractivity (Wildman–Crippen MR) is 85.4 cm³/mol. The zero-order valence-corrected chi connectivity index (χ0v) is 13.0. The van der Waals surface area contributed by atoms with Crippen LogP contribution in [-0.4, -0.2) is 18.1 Å². The van der Waals surface area contributed by atoms with E-state index in [0.29, 0.717) is 16.4 Å². The van der Waals surface area contributed by atoms with Gasteiger partial charge >= 0.3 is 5.97 Å². The van der Waals surface area contributed by atoms with Crippen molar-refractivity contribution in [3.05, 3.63) is 65.6 Å². The van der Waals surface area contributed by atoms with Gasteiger partial charge in [-0.3, -0.25) is 0 Å². The summed E-state index contributed by atoms with van der Waals surface area (Å²) in [7, 11) is 1.31. The van der Waals surface area contributed by atoms with Crippen LogP contribution in [-0.2, 0) is 4.74 Å². The number of para-hydroxylation sites is 1. The molecule has 3 rings (SSSR count). The van der Waals surface area contributed by atoms with Gasteiger partial charge in [0.25, 0.3) is 0 Å². The first-order valence-electron chi connectivity index (χ1n) is 6.73. The molecule has 23 heavy (non-hydrogen) atoms. The van der Waals surface area contributed by atoms with Crippen molar-refractivity contribution < 1.29 is 18.7 Å². The Balaban J connectivity index is 2.00. The normalized spacial score (nSPS) is 10.3. The maximum atomic E-state index is 13.0. The van der Waals surface area contributed by atoms with Crippen LogP contribution < -0.4 is 4.74 Å². The minimum atomic E-state index is -0.502. The molecule has 0 fully saturated rings. The largest absolute Gasteiger partial charge is 0.464 e. The van der Waals surface area contributed by atoms with Gasteiger partial charge in [0.2, 0.25) is 0 Å². The van der Waals surface area contributed by atoms with Crippen molar-refractivity contribution in [3.8, 4) is 21.9 Å². The van der Waals surface area contributed by atoms with E-state index in [2.05, 4.69) is 4.98 Å². The zero-order valence-electron chi connectivity index (χ0n) is 12.2. The minimum Gasteiger partial charge on any atom is -0.464 e. The summed E-state index contributed by atoms with van der Waals surface area (Å²) < 4.78 is 23.6. The van der Waals surface area contributed by atoms with E-state index >= 15 is 0 Å². The number of aromatic nitrogens is 1. The SMILES string of the molecule is COC(=O)c1ncsc1-c1ccccc1Oc1ccc(F)cc1. The number of ether oxygens (including phenoxy) is 2. The molecule has 4 nitrogen and oxygen atoms in total. The Labute approximate surface area is 136 Å². The molecule has 0 N–H and O–H groups in total. The van der Waals surface area contributed by atoms with Crippen LogP contribution in [0.3, 0.4) is 0 Å². The summed E-state index contributed by atoms with van der Waals surface area (Å²) in [6, 6.07) is 13.0. The second-order valence-corrected chi connectivity index (χ2v) is 5.43. The summed E-state index contributed by atoms with van der Waals surface area (Å²) in [5.74, 6) is 0.218. The van der Waals surface area contributed by atoms with Gasteiger partial charge in [-0.05, 0) is 36.4 Å². The van der Waals surface area contributed by atoms with Crippen LogP contribution in [0.4, 0.5) is 4.39 Å². The smallest absolute Gasteiger partial charge is 0.358 e. The van der Waals surface area contributed by atoms with Crippen LogP contribution in [0, 0.1) is 5.82 Å². The van der Waals surface area contributed by atoms with Gasteiger partial charge in [0, 0.05) is 5.56 Å². The van der Waals surface area contributed by atoms with Crippen LogP contribution in [0.15, 0.2) is 54.0 Å². The lowest BCUT2D eigenvalue weighted by Gasteiger charge is -2.10. The highest BCUT2D eigenvalue weighted by Gasteiger charge is 2.19. The number of esters is 1. The molecule has 0 aliphatic rings. The highest BCUT2D eigenvalue weighted by molar-refractivity contribution is 7.13. The minimum absolute atomic E-state index is 0.243. The van der Waals surface area contributed by atoms with Gasteiger partial charge in [-0.2, -0.15) is 0 Å². The molecule has 0 atom stereocenters. The molecule has 0 spiro atoms. The molecule has 0 aliphatic heterocycles. The summed E-state index contributed by atoms with van der Waals surface area (Å²) >= 11 is 1.32. The number of hydrogen-bond acceptors (Lipinski definition) is 5. The average Bonchev–Trinajstić information content (AvgIpc) is 3.06. The van der Waals surface area contributed by atoms with Crippen molar-refractivity contribution in [2.24, 2.45) is 0 Å². The molecule has 0 saturated carbocycles. The third-order valence-electron chi connectivity index (χ3n) is 3.12. The maximum absolute atomic E-state index is 13.0. The Bertz CT molecular complexity index is 830. The van der Waals surface area contributed by atoms with Crippen LogP contribution in [0.1, 0.15) is 10.5 Å².